The molecule has 3 heterocycles. The molecule has 2 aromatic rings. The summed E-state index contributed by atoms with van der Waals surface area (Å²) in [4.78, 5) is 28.3. The van der Waals surface area contributed by atoms with Gasteiger partial charge in [0.15, 0.2) is 5.82 Å². The number of aromatic nitrogens is 3. The van der Waals surface area contributed by atoms with Crippen LogP contribution in [-0.4, -0.2) is 32.3 Å². The monoisotopic (exact) mass is 353 g/mol. The third-order valence-corrected chi connectivity index (χ3v) is 4.50. The minimum absolute atomic E-state index is 0.0424. The van der Waals surface area contributed by atoms with Crippen LogP contribution in [0.2, 0.25) is 0 Å². The van der Waals surface area contributed by atoms with E-state index in [1.165, 1.54) is 0 Å². The van der Waals surface area contributed by atoms with Gasteiger partial charge in [-0.05, 0) is 44.2 Å². The van der Waals surface area contributed by atoms with Crippen LogP contribution in [0.1, 0.15) is 57.1 Å². The number of piperidine rings is 1. The van der Waals surface area contributed by atoms with Crippen molar-refractivity contribution < 1.29 is 4.79 Å². The van der Waals surface area contributed by atoms with E-state index in [-0.39, 0.29) is 11.9 Å². The van der Waals surface area contributed by atoms with E-state index in [2.05, 4.69) is 29.1 Å². The topological polar surface area (TPSA) is 71.0 Å². The maximum Gasteiger partial charge on any atom is 0.223 e. The number of carbonyl (C=O) groups excluding carboxylic acids is 1. The summed E-state index contributed by atoms with van der Waals surface area (Å²) in [7, 11) is 0. The number of rotatable bonds is 5. The van der Waals surface area contributed by atoms with Crippen molar-refractivity contribution in [1.29, 1.82) is 0 Å². The first-order chi connectivity index (χ1) is 12.5. The number of anilines is 2. The summed E-state index contributed by atoms with van der Waals surface area (Å²) >= 11 is 0. The molecular weight excluding hydrogens is 326 g/mol. The SMILES string of the molecule is Cc1cc(Nc2ccccn2)nc(C2CCCCN2C(=O)CC(C)C)n1. The number of aryl methyl sites for hydroxylation is 1. The largest absolute Gasteiger partial charge is 0.332 e. The van der Waals surface area contributed by atoms with Crippen molar-refractivity contribution >= 4 is 17.5 Å². The van der Waals surface area contributed by atoms with Gasteiger partial charge in [0.1, 0.15) is 11.6 Å². The fraction of sp³-hybridized carbons (Fsp3) is 0.500. The molecule has 26 heavy (non-hydrogen) atoms. The van der Waals surface area contributed by atoms with Crippen molar-refractivity contribution in [3.05, 3.63) is 42.0 Å². The van der Waals surface area contributed by atoms with Gasteiger partial charge < -0.3 is 10.2 Å². The number of hydrogen-bond donors (Lipinski definition) is 1. The summed E-state index contributed by atoms with van der Waals surface area (Å²) in [6, 6.07) is 7.57. The van der Waals surface area contributed by atoms with Crippen molar-refractivity contribution in [3.63, 3.8) is 0 Å². The first-order valence-electron chi connectivity index (χ1n) is 9.36. The summed E-state index contributed by atoms with van der Waals surface area (Å²) in [5, 5.41) is 3.23. The summed E-state index contributed by atoms with van der Waals surface area (Å²) in [5.74, 6) is 2.74. The van der Waals surface area contributed by atoms with E-state index >= 15 is 0 Å². The van der Waals surface area contributed by atoms with Gasteiger partial charge in [0, 0.05) is 30.9 Å². The molecule has 0 aliphatic carbocycles. The van der Waals surface area contributed by atoms with Gasteiger partial charge >= 0.3 is 0 Å². The Morgan fingerprint density at radius 1 is 1.27 bits per heavy atom. The Morgan fingerprint density at radius 2 is 2.12 bits per heavy atom. The van der Waals surface area contributed by atoms with Gasteiger partial charge in [-0.1, -0.05) is 19.9 Å². The lowest BCUT2D eigenvalue weighted by Crippen LogP contribution is -2.39. The van der Waals surface area contributed by atoms with Gasteiger partial charge in [0.2, 0.25) is 5.91 Å². The first-order valence-corrected chi connectivity index (χ1v) is 9.36. The Kier molecular flexibility index (Phi) is 5.81. The maximum absolute atomic E-state index is 12.7. The summed E-state index contributed by atoms with van der Waals surface area (Å²) in [5.41, 5.74) is 0.885. The maximum atomic E-state index is 12.7. The van der Waals surface area contributed by atoms with E-state index in [0.717, 1.165) is 43.1 Å². The second-order valence-electron chi connectivity index (χ2n) is 7.29. The van der Waals surface area contributed by atoms with E-state index < -0.39 is 0 Å². The van der Waals surface area contributed by atoms with Crippen LogP contribution < -0.4 is 5.32 Å². The van der Waals surface area contributed by atoms with Crippen LogP contribution in [0.4, 0.5) is 11.6 Å². The molecule has 3 rings (SSSR count). The quantitative estimate of drug-likeness (QED) is 0.879. The molecule has 6 heteroatoms. The predicted molar refractivity (Wildman–Crippen MR) is 102 cm³/mol. The van der Waals surface area contributed by atoms with Crippen LogP contribution >= 0.6 is 0 Å². The Hall–Kier alpha value is -2.50. The first kappa shape index (κ1) is 18.3. The van der Waals surface area contributed by atoms with Crippen LogP contribution in [0.3, 0.4) is 0 Å². The Morgan fingerprint density at radius 3 is 2.85 bits per heavy atom. The normalized spacial score (nSPS) is 17.4. The molecule has 0 spiro atoms. The van der Waals surface area contributed by atoms with Crippen molar-refractivity contribution in [2.75, 3.05) is 11.9 Å². The molecule has 0 bridgehead atoms. The number of pyridine rings is 1. The van der Waals surface area contributed by atoms with E-state index in [1.807, 2.05) is 36.1 Å². The molecule has 138 valence electrons. The highest BCUT2D eigenvalue weighted by Crippen LogP contribution is 2.31. The lowest BCUT2D eigenvalue weighted by Gasteiger charge is -2.35. The Bertz CT molecular complexity index is 747. The fourth-order valence-electron chi connectivity index (χ4n) is 3.34. The van der Waals surface area contributed by atoms with E-state index in [4.69, 9.17) is 4.98 Å². The van der Waals surface area contributed by atoms with Gasteiger partial charge in [0.05, 0.1) is 6.04 Å². The second kappa shape index (κ2) is 8.25. The zero-order valence-corrected chi connectivity index (χ0v) is 15.8. The van der Waals surface area contributed by atoms with Crippen molar-refractivity contribution in [3.8, 4) is 0 Å². The molecular formula is C20H27N5O. The zero-order valence-electron chi connectivity index (χ0n) is 15.8. The molecule has 2 aromatic heterocycles. The van der Waals surface area contributed by atoms with Gasteiger partial charge in [0.25, 0.3) is 0 Å². The molecule has 1 N–H and O–H groups in total. The van der Waals surface area contributed by atoms with Crippen molar-refractivity contribution in [2.24, 2.45) is 5.92 Å². The molecule has 1 amide bonds. The van der Waals surface area contributed by atoms with Crippen molar-refractivity contribution in [2.45, 2.75) is 52.5 Å². The molecule has 0 aromatic carbocycles. The molecule has 0 saturated carbocycles. The number of likely N-dealkylation sites (tertiary alicyclic amines) is 1. The van der Waals surface area contributed by atoms with Gasteiger partial charge in [-0.2, -0.15) is 0 Å². The third-order valence-electron chi connectivity index (χ3n) is 4.50. The molecule has 1 saturated heterocycles. The van der Waals surface area contributed by atoms with E-state index in [9.17, 15) is 4.79 Å². The average molecular weight is 353 g/mol. The number of amides is 1. The van der Waals surface area contributed by atoms with Crippen LogP contribution in [0.15, 0.2) is 30.5 Å². The van der Waals surface area contributed by atoms with Crippen LogP contribution in [0.5, 0.6) is 0 Å². The highest BCUT2D eigenvalue weighted by molar-refractivity contribution is 5.77. The van der Waals surface area contributed by atoms with Gasteiger partial charge in [-0.25, -0.2) is 15.0 Å². The summed E-state index contributed by atoms with van der Waals surface area (Å²) < 4.78 is 0. The van der Waals surface area contributed by atoms with E-state index in [1.54, 1.807) is 6.20 Å². The van der Waals surface area contributed by atoms with Crippen LogP contribution in [0.25, 0.3) is 0 Å². The smallest absolute Gasteiger partial charge is 0.223 e. The van der Waals surface area contributed by atoms with Crippen molar-refractivity contribution in [1.82, 2.24) is 19.9 Å². The lowest BCUT2D eigenvalue weighted by atomic mass is 9.99. The van der Waals surface area contributed by atoms with Gasteiger partial charge in [-0.15, -0.1) is 0 Å². The molecule has 1 fully saturated rings. The highest BCUT2D eigenvalue weighted by atomic mass is 16.2. The molecule has 1 unspecified atom stereocenters. The average Bonchev–Trinajstić information content (AvgIpc) is 2.61. The van der Waals surface area contributed by atoms with Crippen LogP contribution in [-0.2, 0) is 4.79 Å². The highest BCUT2D eigenvalue weighted by Gasteiger charge is 2.30. The minimum atomic E-state index is -0.0424. The van der Waals surface area contributed by atoms with Crippen LogP contribution in [0, 0.1) is 12.8 Å². The zero-order chi connectivity index (χ0) is 18.5. The van der Waals surface area contributed by atoms with Gasteiger partial charge in [-0.3, -0.25) is 4.79 Å². The number of nitrogens with one attached hydrogen (secondary N) is 1. The lowest BCUT2D eigenvalue weighted by molar-refractivity contribution is -0.136. The number of carbonyl (C=O) groups is 1. The predicted octanol–water partition coefficient (Wildman–Crippen LogP) is 4.02. The van der Waals surface area contributed by atoms with E-state index in [0.29, 0.717) is 18.2 Å². The standard InChI is InChI=1S/C20H27N5O/c1-14(2)12-19(26)25-11-7-5-8-16(25)20-22-15(3)13-18(24-20)23-17-9-4-6-10-21-17/h4,6,9-10,13-14,16H,5,7-8,11-12H2,1-3H3,(H,21,22,23,24). The third kappa shape index (κ3) is 4.56. The number of nitrogens with zero attached hydrogens (tertiary/aromatic N) is 4. The molecule has 1 aliphatic rings. The molecule has 6 nitrogen and oxygen atoms in total. The second-order valence-corrected chi connectivity index (χ2v) is 7.29. The Balaban J connectivity index is 1.85. The fourth-order valence-corrected chi connectivity index (χ4v) is 3.34. The minimum Gasteiger partial charge on any atom is -0.332 e. The summed E-state index contributed by atoms with van der Waals surface area (Å²) in [6.45, 7) is 6.90. The molecule has 0 radical (unpaired) electrons. The number of hydrogen-bond acceptors (Lipinski definition) is 5. The summed E-state index contributed by atoms with van der Waals surface area (Å²) in [6.07, 6.45) is 5.37. The molecule has 1 aliphatic heterocycles. The Labute approximate surface area is 155 Å². The molecule has 1 atom stereocenters.